The Balaban J connectivity index is 1.54. The molecule has 7 atom stereocenters. The molecule has 264 valence electrons. The second-order valence-electron chi connectivity index (χ2n) is 13.7. The molecule has 8 nitrogen and oxygen atoms in total. The minimum atomic E-state index is -0.752. The van der Waals surface area contributed by atoms with Gasteiger partial charge in [-0.25, -0.2) is 4.79 Å². The van der Waals surface area contributed by atoms with Crippen molar-refractivity contribution in [3.63, 3.8) is 0 Å². The molecule has 0 spiro atoms. The van der Waals surface area contributed by atoms with Crippen LogP contribution in [-0.4, -0.2) is 77.9 Å². The summed E-state index contributed by atoms with van der Waals surface area (Å²) in [5, 5.41) is 31.5. The quantitative estimate of drug-likeness (QED) is 0.0433. The number of carbonyl (C=O) groups is 1. The molecule has 2 aliphatic rings. The van der Waals surface area contributed by atoms with Gasteiger partial charge < -0.3 is 34.3 Å². The van der Waals surface area contributed by atoms with Crippen molar-refractivity contribution < 1.29 is 39.1 Å². The van der Waals surface area contributed by atoms with Gasteiger partial charge in [0.25, 0.3) is 0 Å². The molecule has 0 saturated carbocycles. The van der Waals surface area contributed by atoms with Crippen LogP contribution in [-0.2, 0) is 23.7 Å². The fraction of sp³-hybridized carbons (Fsp3) is 0.919. The van der Waals surface area contributed by atoms with Crippen molar-refractivity contribution in [2.45, 2.75) is 204 Å². The van der Waals surface area contributed by atoms with Crippen molar-refractivity contribution in [1.82, 2.24) is 0 Å². The number of esters is 1. The predicted octanol–water partition coefficient (Wildman–Crippen LogP) is 7.69. The van der Waals surface area contributed by atoms with Gasteiger partial charge in [-0.15, -0.1) is 0 Å². The van der Waals surface area contributed by atoms with Gasteiger partial charge in [-0.3, -0.25) is 0 Å². The van der Waals surface area contributed by atoms with Crippen LogP contribution in [0.25, 0.3) is 0 Å². The number of unbranched alkanes of at least 4 members (excludes halogenated alkanes) is 13. The van der Waals surface area contributed by atoms with Gasteiger partial charge in [-0.2, -0.15) is 0 Å². The zero-order chi connectivity index (χ0) is 32.7. The highest BCUT2D eigenvalue weighted by molar-refractivity contribution is 5.90. The molecule has 2 rings (SSSR count). The van der Waals surface area contributed by atoms with Crippen LogP contribution in [0.5, 0.6) is 0 Å². The third kappa shape index (κ3) is 18.2. The van der Waals surface area contributed by atoms with Crippen LogP contribution in [0.15, 0.2) is 11.6 Å². The second-order valence-corrected chi connectivity index (χ2v) is 13.7. The van der Waals surface area contributed by atoms with Gasteiger partial charge in [0.05, 0.1) is 36.6 Å². The molecule has 0 bridgehead atoms. The van der Waals surface area contributed by atoms with Crippen molar-refractivity contribution in [2.75, 3.05) is 13.9 Å². The van der Waals surface area contributed by atoms with E-state index < -0.39 is 18.3 Å². The maximum Gasteiger partial charge on any atom is 0.334 e. The Morgan fingerprint density at radius 2 is 1.40 bits per heavy atom. The predicted molar refractivity (Wildman–Crippen MR) is 179 cm³/mol. The average molecular weight is 641 g/mol. The molecule has 8 heteroatoms. The molecular weight excluding hydrogens is 572 g/mol. The van der Waals surface area contributed by atoms with Gasteiger partial charge in [0.1, 0.15) is 12.9 Å². The van der Waals surface area contributed by atoms with Crippen LogP contribution in [0.2, 0.25) is 0 Å². The van der Waals surface area contributed by atoms with E-state index >= 15 is 0 Å². The van der Waals surface area contributed by atoms with Crippen molar-refractivity contribution in [3.8, 4) is 0 Å². The summed E-state index contributed by atoms with van der Waals surface area (Å²) in [6, 6.07) is 0. The molecule has 1 saturated heterocycles. The first kappa shape index (κ1) is 40.1. The van der Waals surface area contributed by atoms with Gasteiger partial charge in [-0.1, -0.05) is 103 Å². The average Bonchev–Trinajstić information content (AvgIpc) is 3.62. The Bertz CT molecular complexity index is 774. The number of aliphatic hydroxyl groups is 3. The summed E-state index contributed by atoms with van der Waals surface area (Å²) in [6.45, 7) is 4.27. The smallest absolute Gasteiger partial charge is 0.334 e. The first-order valence-corrected chi connectivity index (χ1v) is 18.6. The monoisotopic (exact) mass is 640 g/mol. The summed E-state index contributed by atoms with van der Waals surface area (Å²) < 4.78 is 22.6. The maximum atomic E-state index is 11.7. The van der Waals surface area contributed by atoms with Gasteiger partial charge >= 0.3 is 5.97 Å². The normalized spacial score (nSPS) is 22.8. The van der Waals surface area contributed by atoms with E-state index in [1.54, 1.807) is 13.2 Å². The zero-order valence-corrected chi connectivity index (χ0v) is 29.0. The Hall–Kier alpha value is -1.03. The number of methoxy groups -OCH3 is 1. The van der Waals surface area contributed by atoms with Crippen molar-refractivity contribution in [3.05, 3.63) is 11.6 Å². The minimum Gasteiger partial charge on any atom is -0.455 e. The van der Waals surface area contributed by atoms with Gasteiger partial charge in [0, 0.05) is 19.1 Å². The first-order chi connectivity index (χ1) is 21.8. The molecule has 0 radical (unpaired) electrons. The highest BCUT2D eigenvalue weighted by Gasteiger charge is 2.33. The molecular formula is C37H68O8. The number of hydrogen-bond donors (Lipinski definition) is 3. The van der Waals surface area contributed by atoms with Crippen LogP contribution >= 0.6 is 0 Å². The van der Waals surface area contributed by atoms with E-state index in [1.165, 1.54) is 64.2 Å². The second kappa shape index (κ2) is 25.0. The number of carbonyl (C=O) groups excluding carboxylic acids is 1. The molecule has 3 N–H and O–H groups in total. The molecule has 0 aromatic heterocycles. The third-order valence-electron chi connectivity index (χ3n) is 9.51. The largest absolute Gasteiger partial charge is 0.455 e. The Kier molecular flexibility index (Phi) is 22.3. The first-order valence-electron chi connectivity index (χ1n) is 18.6. The molecule has 2 heterocycles. The molecule has 0 unspecified atom stereocenters. The molecule has 0 aliphatic carbocycles. The Morgan fingerprint density at radius 1 is 0.800 bits per heavy atom. The third-order valence-corrected chi connectivity index (χ3v) is 9.51. The standard InChI is InChI=1S/C37H68O8/c1-4-5-6-7-8-9-10-11-12-13-14-18-21-33(39)34(40)23-25-35(43-28-42-3)36-24-22-32(45-36)20-17-15-16-19-31(38)27-30-26-29(2)44-37(30)41/h26,29,31-36,38-40H,4-25,27-28H2,1-3H3/t29-,31+,32+,33+,34+,35-,36-/m0/s1. The summed E-state index contributed by atoms with van der Waals surface area (Å²) in [6.07, 6.45) is 23.6. The molecule has 45 heavy (non-hydrogen) atoms. The zero-order valence-electron chi connectivity index (χ0n) is 29.0. The minimum absolute atomic E-state index is 0.0329. The lowest BCUT2D eigenvalue weighted by Gasteiger charge is -2.26. The van der Waals surface area contributed by atoms with Crippen LogP contribution in [0, 0.1) is 0 Å². The van der Waals surface area contributed by atoms with E-state index in [4.69, 9.17) is 18.9 Å². The van der Waals surface area contributed by atoms with E-state index in [1.807, 2.05) is 6.92 Å². The summed E-state index contributed by atoms with van der Waals surface area (Å²) >= 11 is 0. The van der Waals surface area contributed by atoms with Crippen molar-refractivity contribution in [1.29, 1.82) is 0 Å². The lowest BCUT2D eigenvalue weighted by Crippen LogP contribution is -2.33. The lowest BCUT2D eigenvalue weighted by molar-refractivity contribution is -0.139. The Morgan fingerprint density at radius 3 is 2.02 bits per heavy atom. The van der Waals surface area contributed by atoms with Gasteiger partial charge in [0.2, 0.25) is 0 Å². The van der Waals surface area contributed by atoms with Gasteiger partial charge in [-0.05, 0) is 57.9 Å². The van der Waals surface area contributed by atoms with Crippen LogP contribution in [0.1, 0.15) is 162 Å². The lowest BCUT2D eigenvalue weighted by atomic mass is 9.97. The molecule has 2 aliphatic heterocycles. The highest BCUT2D eigenvalue weighted by Crippen LogP contribution is 2.30. The van der Waals surface area contributed by atoms with E-state index in [-0.39, 0.29) is 37.2 Å². The van der Waals surface area contributed by atoms with Gasteiger partial charge in [0.15, 0.2) is 0 Å². The van der Waals surface area contributed by atoms with E-state index in [0.717, 1.165) is 51.4 Å². The molecule has 0 aromatic carbocycles. The van der Waals surface area contributed by atoms with Crippen LogP contribution in [0.3, 0.4) is 0 Å². The van der Waals surface area contributed by atoms with Crippen molar-refractivity contribution in [2.24, 2.45) is 0 Å². The fourth-order valence-corrected chi connectivity index (χ4v) is 6.73. The highest BCUT2D eigenvalue weighted by atomic mass is 16.7. The van der Waals surface area contributed by atoms with Crippen molar-refractivity contribution >= 4 is 5.97 Å². The number of aliphatic hydroxyl groups excluding tert-OH is 3. The number of ether oxygens (including phenoxy) is 4. The van der Waals surface area contributed by atoms with E-state index in [2.05, 4.69) is 6.92 Å². The maximum absolute atomic E-state index is 11.7. The molecule has 1 fully saturated rings. The number of cyclic esters (lactones) is 1. The van der Waals surface area contributed by atoms with E-state index in [0.29, 0.717) is 37.7 Å². The van der Waals surface area contributed by atoms with E-state index in [9.17, 15) is 20.1 Å². The summed E-state index contributed by atoms with van der Waals surface area (Å²) in [7, 11) is 1.61. The summed E-state index contributed by atoms with van der Waals surface area (Å²) in [4.78, 5) is 11.7. The van der Waals surface area contributed by atoms with Crippen LogP contribution < -0.4 is 0 Å². The van der Waals surface area contributed by atoms with Crippen LogP contribution in [0.4, 0.5) is 0 Å². The number of hydrogen-bond acceptors (Lipinski definition) is 8. The topological polar surface area (TPSA) is 115 Å². The SMILES string of the molecule is CCCCCCCCCCCCCC[C@@H](O)[C@H](O)CC[C@H](OCOC)[C@@H]1CC[C@@H](CCCCC[C@@H](O)CC2=C[C@H](C)OC2=O)O1. The summed E-state index contributed by atoms with van der Waals surface area (Å²) in [5.41, 5.74) is 0.590. The summed E-state index contributed by atoms with van der Waals surface area (Å²) in [5.74, 6) is -0.303. The molecule has 0 aromatic rings. The fourth-order valence-electron chi connectivity index (χ4n) is 6.73. The Labute approximate surface area is 274 Å². The number of rotatable bonds is 29. The molecule has 0 amide bonds.